The van der Waals surface area contributed by atoms with E-state index in [2.05, 4.69) is 31.8 Å². The Labute approximate surface area is 139 Å². The van der Waals surface area contributed by atoms with Crippen LogP contribution in [0.3, 0.4) is 0 Å². The van der Waals surface area contributed by atoms with E-state index in [1.165, 1.54) is 6.33 Å². The summed E-state index contributed by atoms with van der Waals surface area (Å²) in [7, 11) is 0. The largest absolute Gasteiger partial charge is 0.371 e. The van der Waals surface area contributed by atoms with Gasteiger partial charge in [-0.2, -0.15) is 0 Å². The molecule has 1 aromatic carbocycles. The molecule has 1 amide bonds. The number of tetrazole rings is 1. The number of carbonyl (C=O) groups is 1. The van der Waals surface area contributed by atoms with Gasteiger partial charge in [0.2, 0.25) is 5.91 Å². The molecular formula is C15H19ClN6O. The molecule has 2 aromatic rings. The Balaban J connectivity index is 1.40. The maximum atomic E-state index is 11.9. The predicted octanol–water partition coefficient (Wildman–Crippen LogP) is 1.36. The third-order valence-electron chi connectivity index (χ3n) is 4.01. The summed E-state index contributed by atoms with van der Waals surface area (Å²) < 4.78 is 1.55. The normalized spacial score (nSPS) is 17.4. The third-order valence-corrected chi connectivity index (χ3v) is 4.24. The first-order valence-corrected chi connectivity index (χ1v) is 8.06. The number of aromatic nitrogens is 4. The number of halogens is 1. The second-order valence-corrected chi connectivity index (χ2v) is 6.14. The van der Waals surface area contributed by atoms with Crippen molar-refractivity contribution in [2.45, 2.75) is 19.4 Å². The average Bonchev–Trinajstić information content (AvgIpc) is 3.22. The van der Waals surface area contributed by atoms with E-state index in [-0.39, 0.29) is 5.91 Å². The maximum Gasteiger partial charge on any atom is 0.221 e. The summed E-state index contributed by atoms with van der Waals surface area (Å²) in [6.45, 7) is 3.13. The summed E-state index contributed by atoms with van der Waals surface area (Å²) in [6.07, 6.45) is 2.96. The van der Waals surface area contributed by atoms with Crippen LogP contribution in [0.15, 0.2) is 30.6 Å². The zero-order valence-electron chi connectivity index (χ0n) is 12.7. The van der Waals surface area contributed by atoms with Gasteiger partial charge < -0.3 is 10.2 Å². The van der Waals surface area contributed by atoms with E-state index in [0.29, 0.717) is 25.4 Å². The molecule has 0 bridgehead atoms. The van der Waals surface area contributed by atoms with Gasteiger partial charge in [-0.15, -0.1) is 5.10 Å². The Morgan fingerprint density at radius 2 is 2.35 bits per heavy atom. The molecule has 1 aromatic heterocycles. The zero-order chi connectivity index (χ0) is 16.1. The first-order chi connectivity index (χ1) is 11.2. The molecular weight excluding hydrogens is 316 g/mol. The standard InChI is InChI=1S/C15H19ClN6O/c16-13-2-1-3-14(8-13)21-6-4-12(10-21)9-17-15(23)5-7-22-11-18-19-20-22/h1-3,8,11-12H,4-7,9-10H2,(H,17,23)/t12-/m1/s1. The molecule has 0 saturated carbocycles. The van der Waals surface area contributed by atoms with Crippen molar-refractivity contribution < 1.29 is 4.79 Å². The summed E-state index contributed by atoms with van der Waals surface area (Å²) in [4.78, 5) is 14.2. The molecule has 1 saturated heterocycles. The molecule has 1 aliphatic rings. The van der Waals surface area contributed by atoms with Gasteiger partial charge in [0.15, 0.2) is 0 Å². The molecule has 122 valence electrons. The molecule has 1 aliphatic heterocycles. The van der Waals surface area contributed by atoms with Crippen molar-refractivity contribution in [3.05, 3.63) is 35.6 Å². The second kappa shape index (κ2) is 7.41. The highest BCUT2D eigenvalue weighted by atomic mass is 35.5. The Hall–Kier alpha value is -2.15. The molecule has 7 nitrogen and oxygen atoms in total. The lowest BCUT2D eigenvalue weighted by atomic mass is 10.1. The van der Waals surface area contributed by atoms with Crippen LogP contribution in [0.1, 0.15) is 12.8 Å². The smallest absolute Gasteiger partial charge is 0.221 e. The van der Waals surface area contributed by atoms with E-state index in [4.69, 9.17) is 11.6 Å². The Morgan fingerprint density at radius 1 is 1.43 bits per heavy atom. The highest BCUT2D eigenvalue weighted by Gasteiger charge is 2.23. The van der Waals surface area contributed by atoms with Gasteiger partial charge in [0.1, 0.15) is 6.33 Å². The molecule has 0 unspecified atom stereocenters. The maximum absolute atomic E-state index is 11.9. The van der Waals surface area contributed by atoms with Gasteiger partial charge in [-0.3, -0.25) is 4.79 Å². The monoisotopic (exact) mass is 334 g/mol. The predicted molar refractivity (Wildman–Crippen MR) is 87.2 cm³/mol. The van der Waals surface area contributed by atoms with E-state index < -0.39 is 0 Å². The van der Waals surface area contributed by atoms with Crippen LogP contribution in [0.2, 0.25) is 5.02 Å². The lowest BCUT2D eigenvalue weighted by Gasteiger charge is -2.19. The van der Waals surface area contributed by atoms with Crippen LogP contribution in [0.25, 0.3) is 0 Å². The van der Waals surface area contributed by atoms with Crippen molar-refractivity contribution in [1.82, 2.24) is 25.5 Å². The summed E-state index contributed by atoms with van der Waals surface area (Å²) in [6, 6.07) is 7.89. The SMILES string of the molecule is O=C(CCn1cnnn1)NC[C@H]1CCN(c2cccc(Cl)c2)C1. The number of aryl methyl sites for hydroxylation is 1. The molecule has 3 rings (SSSR count). The molecule has 1 atom stereocenters. The fraction of sp³-hybridized carbons (Fsp3) is 0.467. The number of nitrogens with zero attached hydrogens (tertiary/aromatic N) is 5. The van der Waals surface area contributed by atoms with Crippen molar-refractivity contribution in [3.8, 4) is 0 Å². The van der Waals surface area contributed by atoms with Crippen LogP contribution in [0.5, 0.6) is 0 Å². The summed E-state index contributed by atoms with van der Waals surface area (Å²) in [5, 5.41) is 14.6. The Kier molecular flexibility index (Phi) is 5.07. The molecule has 1 N–H and O–H groups in total. The number of anilines is 1. The second-order valence-electron chi connectivity index (χ2n) is 5.71. The van der Waals surface area contributed by atoms with E-state index in [1.807, 2.05) is 18.2 Å². The van der Waals surface area contributed by atoms with Crippen LogP contribution in [-0.4, -0.2) is 45.7 Å². The zero-order valence-corrected chi connectivity index (χ0v) is 13.5. The first-order valence-electron chi connectivity index (χ1n) is 7.69. The van der Waals surface area contributed by atoms with Gasteiger partial charge in [0, 0.05) is 36.8 Å². The number of nitrogens with one attached hydrogen (secondary N) is 1. The number of hydrogen-bond donors (Lipinski definition) is 1. The van der Waals surface area contributed by atoms with Crippen LogP contribution >= 0.6 is 11.6 Å². The van der Waals surface area contributed by atoms with Gasteiger partial charge in [-0.05, 0) is 41.0 Å². The van der Waals surface area contributed by atoms with Crippen LogP contribution < -0.4 is 10.2 Å². The summed E-state index contributed by atoms with van der Waals surface area (Å²) >= 11 is 6.04. The van der Waals surface area contributed by atoms with Crippen LogP contribution in [-0.2, 0) is 11.3 Å². The van der Waals surface area contributed by atoms with Gasteiger partial charge >= 0.3 is 0 Å². The van der Waals surface area contributed by atoms with Crippen molar-refractivity contribution >= 4 is 23.2 Å². The van der Waals surface area contributed by atoms with Gasteiger partial charge in [-0.1, -0.05) is 17.7 Å². The van der Waals surface area contributed by atoms with E-state index in [9.17, 15) is 4.79 Å². The highest BCUT2D eigenvalue weighted by Crippen LogP contribution is 2.25. The van der Waals surface area contributed by atoms with Gasteiger partial charge in [-0.25, -0.2) is 4.68 Å². The fourth-order valence-corrected chi connectivity index (χ4v) is 2.94. The van der Waals surface area contributed by atoms with E-state index in [1.54, 1.807) is 4.68 Å². The van der Waals surface area contributed by atoms with Crippen molar-refractivity contribution in [3.63, 3.8) is 0 Å². The van der Waals surface area contributed by atoms with Crippen LogP contribution in [0, 0.1) is 5.92 Å². The summed E-state index contributed by atoms with van der Waals surface area (Å²) in [5.74, 6) is 0.493. The van der Waals surface area contributed by atoms with Crippen molar-refractivity contribution in [2.75, 3.05) is 24.5 Å². The van der Waals surface area contributed by atoms with E-state index in [0.717, 1.165) is 30.2 Å². The number of carbonyl (C=O) groups excluding carboxylic acids is 1. The molecule has 8 heteroatoms. The van der Waals surface area contributed by atoms with E-state index >= 15 is 0 Å². The minimum absolute atomic E-state index is 0.0294. The number of amides is 1. The molecule has 0 spiro atoms. The number of rotatable bonds is 6. The fourth-order valence-electron chi connectivity index (χ4n) is 2.75. The molecule has 0 aliphatic carbocycles. The highest BCUT2D eigenvalue weighted by molar-refractivity contribution is 6.30. The minimum atomic E-state index is 0.0294. The molecule has 0 radical (unpaired) electrons. The van der Waals surface area contributed by atoms with Gasteiger partial charge in [0.25, 0.3) is 0 Å². The lowest BCUT2D eigenvalue weighted by Crippen LogP contribution is -2.31. The third kappa shape index (κ3) is 4.41. The molecule has 1 fully saturated rings. The minimum Gasteiger partial charge on any atom is -0.371 e. The first kappa shape index (κ1) is 15.7. The number of benzene rings is 1. The molecule has 23 heavy (non-hydrogen) atoms. The van der Waals surface area contributed by atoms with Crippen molar-refractivity contribution in [1.29, 1.82) is 0 Å². The summed E-state index contributed by atoms with van der Waals surface area (Å²) in [5.41, 5.74) is 1.14. The Morgan fingerprint density at radius 3 is 3.13 bits per heavy atom. The quantitative estimate of drug-likeness (QED) is 0.863. The topological polar surface area (TPSA) is 75.9 Å². The lowest BCUT2D eigenvalue weighted by molar-refractivity contribution is -0.121. The number of hydrogen-bond acceptors (Lipinski definition) is 5. The molecule has 2 heterocycles. The van der Waals surface area contributed by atoms with Crippen molar-refractivity contribution in [2.24, 2.45) is 5.92 Å². The Bertz CT molecular complexity index is 647. The van der Waals surface area contributed by atoms with Crippen LogP contribution in [0.4, 0.5) is 5.69 Å². The average molecular weight is 335 g/mol. The van der Waals surface area contributed by atoms with Gasteiger partial charge in [0.05, 0.1) is 6.54 Å².